The molecule has 0 saturated carbocycles. The molecule has 1 aliphatic heterocycles. The number of hydrogen-bond acceptors (Lipinski definition) is 1. The summed E-state index contributed by atoms with van der Waals surface area (Å²) in [5.74, 6) is 0. The van der Waals surface area contributed by atoms with Crippen LogP contribution in [-0.2, 0) is 0 Å². The van der Waals surface area contributed by atoms with Gasteiger partial charge in [0.1, 0.15) is 0 Å². The first-order valence-corrected chi connectivity index (χ1v) is 16.9. The van der Waals surface area contributed by atoms with Crippen LogP contribution in [0.3, 0.4) is 0 Å². The van der Waals surface area contributed by atoms with Gasteiger partial charge in [-0.15, -0.1) is 0 Å². The highest BCUT2D eigenvalue weighted by Crippen LogP contribution is 2.52. The van der Waals surface area contributed by atoms with Crippen molar-refractivity contribution in [2.75, 3.05) is 4.90 Å². The highest BCUT2D eigenvalue weighted by atomic mass is 15.1. The van der Waals surface area contributed by atoms with E-state index in [1.807, 2.05) is 0 Å². The fraction of sp³-hybridized carbons (Fsp3) is 0. The summed E-state index contributed by atoms with van der Waals surface area (Å²) < 4.78 is 0. The molecule has 0 saturated heterocycles. The maximum Gasteiger partial charge on any atom is 0.0540 e. The SMILES string of the molecule is c1ccc(-c2ccc3c(c2)-c2ccccc2N(c2ccccc2)c2ccc(-c4ccc5c6ccccc6c6ccccc6c5c4)cc2-3)cc1. The van der Waals surface area contributed by atoms with Gasteiger partial charge in [-0.05, 0) is 108 Å². The zero-order valence-corrected chi connectivity index (χ0v) is 26.8. The van der Waals surface area contributed by atoms with Gasteiger partial charge < -0.3 is 4.90 Å². The van der Waals surface area contributed by atoms with Crippen LogP contribution >= 0.6 is 0 Å². The molecule has 0 aliphatic carbocycles. The van der Waals surface area contributed by atoms with E-state index in [0.717, 1.165) is 5.69 Å². The van der Waals surface area contributed by atoms with E-state index in [9.17, 15) is 0 Å². The van der Waals surface area contributed by atoms with Crippen molar-refractivity contribution in [2.45, 2.75) is 0 Å². The van der Waals surface area contributed by atoms with E-state index in [-0.39, 0.29) is 0 Å². The lowest BCUT2D eigenvalue weighted by molar-refractivity contribution is 1.29. The molecule has 9 aromatic carbocycles. The molecule has 0 aromatic heterocycles. The number of hydrogen-bond donors (Lipinski definition) is 0. The van der Waals surface area contributed by atoms with Crippen molar-refractivity contribution in [3.8, 4) is 44.5 Å². The van der Waals surface area contributed by atoms with Gasteiger partial charge in [0.25, 0.3) is 0 Å². The van der Waals surface area contributed by atoms with Crippen LogP contribution in [0.5, 0.6) is 0 Å². The van der Waals surface area contributed by atoms with E-state index >= 15 is 0 Å². The number of fused-ring (bicyclic) bond motifs is 11. The summed E-state index contributed by atoms with van der Waals surface area (Å²) in [4.78, 5) is 2.43. The average Bonchev–Trinajstić information content (AvgIpc) is 3.30. The van der Waals surface area contributed by atoms with Gasteiger partial charge in [-0.1, -0.05) is 146 Å². The largest absolute Gasteiger partial charge is 0.309 e. The van der Waals surface area contributed by atoms with Gasteiger partial charge in [-0.2, -0.15) is 0 Å². The quantitative estimate of drug-likeness (QED) is 0.177. The second-order valence-corrected chi connectivity index (χ2v) is 12.9. The van der Waals surface area contributed by atoms with Gasteiger partial charge >= 0.3 is 0 Å². The van der Waals surface area contributed by atoms with Crippen LogP contribution < -0.4 is 4.90 Å². The van der Waals surface area contributed by atoms with Crippen LogP contribution in [0.15, 0.2) is 188 Å². The molecule has 228 valence electrons. The Labute approximate surface area is 286 Å². The number of rotatable bonds is 3. The minimum absolute atomic E-state index is 1.14. The summed E-state index contributed by atoms with van der Waals surface area (Å²) in [7, 11) is 0. The zero-order valence-electron chi connectivity index (χ0n) is 26.8. The Bertz CT molecular complexity index is 2670. The maximum atomic E-state index is 2.43. The molecular formula is C48H31N. The summed E-state index contributed by atoms with van der Waals surface area (Å²) in [6.07, 6.45) is 0. The van der Waals surface area contributed by atoms with Crippen molar-refractivity contribution in [1.82, 2.24) is 0 Å². The van der Waals surface area contributed by atoms with Crippen LogP contribution in [0.2, 0.25) is 0 Å². The van der Waals surface area contributed by atoms with E-state index in [2.05, 4.69) is 193 Å². The average molecular weight is 622 g/mol. The molecule has 0 N–H and O–H groups in total. The second-order valence-electron chi connectivity index (χ2n) is 12.9. The van der Waals surface area contributed by atoms with Crippen LogP contribution in [0.25, 0.3) is 76.8 Å². The zero-order chi connectivity index (χ0) is 32.3. The highest BCUT2D eigenvalue weighted by Gasteiger charge is 2.27. The summed E-state index contributed by atoms with van der Waals surface area (Å²) in [5, 5.41) is 7.76. The Balaban J connectivity index is 1.24. The van der Waals surface area contributed by atoms with Crippen LogP contribution in [0.4, 0.5) is 17.1 Å². The van der Waals surface area contributed by atoms with Crippen molar-refractivity contribution < 1.29 is 0 Å². The number of para-hydroxylation sites is 2. The van der Waals surface area contributed by atoms with Gasteiger partial charge in [0.15, 0.2) is 0 Å². The predicted octanol–water partition coefficient (Wildman–Crippen LogP) is 13.6. The topological polar surface area (TPSA) is 3.24 Å². The van der Waals surface area contributed by atoms with E-state index < -0.39 is 0 Å². The second kappa shape index (κ2) is 11.1. The third-order valence-electron chi connectivity index (χ3n) is 10.2. The number of anilines is 3. The standard InChI is InChI=1S/C48H31N/c1-3-13-32(14-4-1)33-23-27-42-45(29-33)43-21-11-12-22-47(43)49(36-15-5-2-6-16-36)48-28-25-35(31-46(42)48)34-24-26-41-39-19-8-7-17-37(39)38-18-9-10-20-40(38)44(41)30-34/h1-31H. The van der Waals surface area contributed by atoms with Gasteiger partial charge in [0, 0.05) is 16.8 Å². The summed E-state index contributed by atoms with van der Waals surface area (Å²) in [6, 6.07) is 68.9. The molecule has 0 bridgehead atoms. The Kier molecular flexibility index (Phi) is 6.25. The van der Waals surface area contributed by atoms with E-state index in [1.54, 1.807) is 0 Å². The summed E-state index contributed by atoms with van der Waals surface area (Å²) >= 11 is 0. The van der Waals surface area contributed by atoms with E-state index in [0.29, 0.717) is 0 Å². The first kappa shape index (κ1) is 27.7. The number of benzene rings is 9. The van der Waals surface area contributed by atoms with Crippen molar-refractivity contribution >= 4 is 49.4 Å². The maximum absolute atomic E-state index is 2.43. The fourth-order valence-electron chi connectivity index (χ4n) is 7.91. The Morgan fingerprint density at radius 2 is 0.735 bits per heavy atom. The Morgan fingerprint density at radius 3 is 1.47 bits per heavy atom. The molecule has 0 fully saturated rings. The molecule has 0 atom stereocenters. The van der Waals surface area contributed by atoms with Crippen LogP contribution in [-0.4, -0.2) is 0 Å². The third kappa shape index (κ3) is 4.40. The van der Waals surface area contributed by atoms with Crippen molar-refractivity contribution in [2.24, 2.45) is 0 Å². The van der Waals surface area contributed by atoms with Crippen molar-refractivity contribution in [3.05, 3.63) is 188 Å². The molecule has 1 heterocycles. The summed E-state index contributed by atoms with van der Waals surface area (Å²) in [5.41, 5.74) is 13.3. The van der Waals surface area contributed by atoms with Gasteiger partial charge in [0.05, 0.1) is 11.4 Å². The highest BCUT2D eigenvalue weighted by molar-refractivity contribution is 6.25. The third-order valence-corrected chi connectivity index (χ3v) is 10.2. The molecular weight excluding hydrogens is 591 g/mol. The normalized spacial score (nSPS) is 12.0. The first-order chi connectivity index (χ1) is 24.3. The predicted molar refractivity (Wildman–Crippen MR) is 209 cm³/mol. The lowest BCUT2D eigenvalue weighted by atomic mass is 9.89. The molecule has 0 unspecified atom stereocenters. The lowest BCUT2D eigenvalue weighted by Crippen LogP contribution is -2.10. The number of nitrogens with zero attached hydrogens (tertiary/aromatic N) is 1. The van der Waals surface area contributed by atoms with Crippen LogP contribution in [0, 0.1) is 0 Å². The molecule has 0 spiro atoms. The molecule has 9 aromatic rings. The minimum Gasteiger partial charge on any atom is -0.309 e. The Morgan fingerprint density at radius 1 is 0.245 bits per heavy atom. The minimum atomic E-state index is 1.14. The van der Waals surface area contributed by atoms with E-state index in [4.69, 9.17) is 0 Å². The summed E-state index contributed by atoms with van der Waals surface area (Å²) in [6.45, 7) is 0. The fourth-order valence-corrected chi connectivity index (χ4v) is 7.91. The smallest absolute Gasteiger partial charge is 0.0540 e. The Hall–Kier alpha value is -6.44. The first-order valence-electron chi connectivity index (χ1n) is 16.9. The van der Waals surface area contributed by atoms with E-state index in [1.165, 1.54) is 88.2 Å². The molecule has 49 heavy (non-hydrogen) atoms. The molecule has 1 aliphatic rings. The lowest BCUT2D eigenvalue weighted by Gasteiger charge is -2.27. The van der Waals surface area contributed by atoms with Crippen molar-refractivity contribution in [3.63, 3.8) is 0 Å². The molecule has 10 rings (SSSR count). The van der Waals surface area contributed by atoms with Gasteiger partial charge in [0.2, 0.25) is 0 Å². The molecule has 1 nitrogen and oxygen atoms in total. The van der Waals surface area contributed by atoms with Gasteiger partial charge in [-0.3, -0.25) is 0 Å². The molecule has 0 radical (unpaired) electrons. The van der Waals surface area contributed by atoms with Gasteiger partial charge in [-0.25, -0.2) is 0 Å². The molecule has 1 heteroatoms. The van der Waals surface area contributed by atoms with Crippen molar-refractivity contribution in [1.29, 1.82) is 0 Å². The molecule has 0 amide bonds. The van der Waals surface area contributed by atoms with Crippen LogP contribution in [0.1, 0.15) is 0 Å². The monoisotopic (exact) mass is 621 g/mol.